The summed E-state index contributed by atoms with van der Waals surface area (Å²) in [6, 6.07) is 14.2. The summed E-state index contributed by atoms with van der Waals surface area (Å²) in [6.07, 6.45) is 2.50. The monoisotopic (exact) mass is 474 g/mol. The molecule has 1 atom stereocenters. The maximum atomic E-state index is 13.0. The Bertz CT molecular complexity index is 1020. The van der Waals surface area contributed by atoms with Crippen LogP contribution in [0.1, 0.15) is 23.7 Å². The van der Waals surface area contributed by atoms with Gasteiger partial charge in [-0.25, -0.2) is 4.98 Å². The number of halogens is 1. The SMILES string of the molecule is CCn1c(NC(=O)C(CCSC)NC(=O)c2ccccc2Br)nc2ccccc21. The molecule has 0 saturated carbocycles. The number of carbonyl (C=O) groups excluding carboxylic acids is 2. The van der Waals surface area contributed by atoms with Gasteiger partial charge in [0.15, 0.2) is 0 Å². The van der Waals surface area contributed by atoms with Gasteiger partial charge in [0.1, 0.15) is 6.04 Å². The van der Waals surface area contributed by atoms with E-state index in [9.17, 15) is 9.59 Å². The number of fused-ring (bicyclic) bond motifs is 1. The second-order valence-corrected chi connectivity index (χ2v) is 8.28. The molecular weight excluding hydrogens is 452 g/mol. The van der Waals surface area contributed by atoms with Crippen LogP contribution in [0, 0.1) is 0 Å². The third kappa shape index (κ3) is 5.00. The van der Waals surface area contributed by atoms with Gasteiger partial charge in [0, 0.05) is 11.0 Å². The average molecular weight is 475 g/mol. The summed E-state index contributed by atoms with van der Waals surface area (Å²) in [5.74, 6) is 0.675. The number of thioether (sulfide) groups is 1. The quantitative estimate of drug-likeness (QED) is 0.509. The van der Waals surface area contributed by atoms with E-state index < -0.39 is 6.04 Å². The van der Waals surface area contributed by atoms with Crippen LogP contribution in [0.25, 0.3) is 11.0 Å². The molecule has 2 N–H and O–H groups in total. The number of hydrogen-bond donors (Lipinski definition) is 2. The van der Waals surface area contributed by atoms with E-state index in [0.717, 1.165) is 16.8 Å². The number of nitrogens with zero attached hydrogens (tertiary/aromatic N) is 2. The Morgan fingerprint density at radius 2 is 1.90 bits per heavy atom. The summed E-state index contributed by atoms with van der Waals surface area (Å²) in [4.78, 5) is 30.3. The van der Waals surface area contributed by atoms with E-state index >= 15 is 0 Å². The number of para-hydroxylation sites is 2. The predicted octanol–water partition coefficient (Wildman–Crippen LogP) is 4.31. The minimum Gasteiger partial charge on any atom is -0.340 e. The highest BCUT2D eigenvalue weighted by Crippen LogP contribution is 2.20. The Hall–Kier alpha value is -2.32. The molecule has 0 radical (unpaired) electrons. The second-order valence-electron chi connectivity index (χ2n) is 6.45. The van der Waals surface area contributed by atoms with Crippen molar-refractivity contribution in [3.8, 4) is 0 Å². The lowest BCUT2D eigenvalue weighted by atomic mass is 10.1. The van der Waals surface area contributed by atoms with Gasteiger partial charge >= 0.3 is 0 Å². The number of aromatic nitrogens is 2. The first-order chi connectivity index (χ1) is 14.0. The summed E-state index contributed by atoms with van der Waals surface area (Å²) in [5, 5.41) is 5.78. The molecule has 1 aromatic heterocycles. The number of imidazole rings is 1. The first-order valence-electron chi connectivity index (χ1n) is 9.35. The van der Waals surface area contributed by atoms with Crippen LogP contribution in [-0.2, 0) is 11.3 Å². The number of rotatable bonds is 8. The normalized spacial score (nSPS) is 12.0. The molecule has 152 valence electrons. The van der Waals surface area contributed by atoms with Gasteiger partial charge < -0.3 is 9.88 Å². The van der Waals surface area contributed by atoms with E-state index in [-0.39, 0.29) is 11.8 Å². The van der Waals surface area contributed by atoms with Gasteiger partial charge in [-0.1, -0.05) is 24.3 Å². The molecular formula is C21H23BrN4O2S. The van der Waals surface area contributed by atoms with Crippen LogP contribution < -0.4 is 10.6 Å². The molecule has 2 amide bonds. The molecule has 1 heterocycles. The van der Waals surface area contributed by atoms with E-state index in [1.165, 1.54) is 0 Å². The van der Waals surface area contributed by atoms with Gasteiger partial charge in [0.2, 0.25) is 11.9 Å². The van der Waals surface area contributed by atoms with Crippen molar-refractivity contribution in [3.05, 3.63) is 58.6 Å². The highest BCUT2D eigenvalue weighted by Gasteiger charge is 2.24. The molecule has 0 saturated heterocycles. The topological polar surface area (TPSA) is 76.0 Å². The molecule has 0 spiro atoms. The number of hydrogen-bond acceptors (Lipinski definition) is 4. The van der Waals surface area contributed by atoms with Gasteiger partial charge in [-0.3, -0.25) is 14.9 Å². The van der Waals surface area contributed by atoms with E-state index in [1.54, 1.807) is 30.0 Å². The highest BCUT2D eigenvalue weighted by molar-refractivity contribution is 9.10. The molecule has 2 aromatic carbocycles. The van der Waals surface area contributed by atoms with Gasteiger partial charge in [-0.15, -0.1) is 0 Å². The number of aryl methyl sites for hydroxylation is 1. The minimum absolute atomic E-state index is 0.274. The molecule has 0 fully saturated rings. The van der Waals surface area contributed by atoms with Crippen LogP contribution in [0.5, 0.6) is 0 Å². The van der Waals surface area contributed by atoms with Gasteiger partial charge in [-0.2, -0.15) is 11.8 Å². The summed E-state index contributed by atoms with van der Waals surface area (Å²) < 4.78 is 2.64. The van der Waals surface area contributed by atoms with Crippen molar-refractivity contribution in [3.63, 3.8) is 0 Å². The van der Waals surface area contributed by atoms with Crippen molar-refractivity contribution >= 4 is 56.5 Å². The molecule has 6 nitrogen and oxygen atoms in total. The zero-order chi connectivity index (χ0) is 20.8. The van der Waals surface area contributed by atoms with Crippen molar-refractivity contribution < 1.29 is 9.59 Å². The van der Waals surface area contributed by atoms with Crippen LogP contribution in [-0.4, -0.2) is 39.4 Å². The summed E-state index contributed by atoms with van der Waals surface area (Å²) in [6.45, 7) is 2.68. The van der Waals surface area contributed by atoms with Crippen LogP contribution in [0.4, 0.5) is 5.95 Å². The summed E-state index contributed by atoms with van der Waals surface area (Å²) in [7, 11) is 0. The maximum absolute atomic E-state index is 13.0. The standard InChI is InChI=1S/C21H23BrN4O2S/c1-3-26-18-11-7-6-10-16(18)24-21(26)25-20(28)17(12-13-29-2)23-19(27)14-8-4-5-9-15(14)22/h4-11,17H,3,12-13H2,1-2H3,(H,23,27)(H,24,25,28). The number of benzene rings is 2. The van der Waals surface area contributed by atoms with Crippen LogP contribution in [0.2, 0.25) is 0 Å². The molecule has 0 aliphatic carbocycles. The number of anilines is 1. The Balaban J connectivity index is 1.81. The molecule has 1 unspecified atom stereocenters. The van der Waals surface area contributed by atoms with E-state index in [4.69, 9.17) is 0 Å². The molecule has 0 bridgehead atoms. The number of carbonyl (C=O) groups is 2. The van der Waals surface area contributed by atoms with E-state index in [2.05, 4.69) is 31.5 Å². The van der Waals surface area contributed by atoms with Crippen LogP contribution >= 0.6 is 27.7 Å². The van der Waals surface area contributed by atoms with Crippen molar-refractivity contribution in [1.82, 2.24) is 14.9 Å². The number of amides is 2. The van der Waals surface area contributed by atoms with Crippen molar-refractivity contribution in [2.24, 2.45) is 0 Å². The van der Waals surface area contributed by atoms with Crippen molar-refractivity contribution in [2.75, 3.05) is 17.3 Å². The average Bonchev–Trinajstić information content (AvgIpc) is 3.08. The first kappa shape index (κ1) is 21.4. The van der Waals surface area contributed by atoms with Crippen molar-refractivity contribution in [2.45, 2.75) is 25.9 Å². The lowest BCUT2D eigenvalue weighted by Gasteiger charge is -2.18. The third-order valence-corrected chi connectivity index (χ3v) is 5.89. The fourth-order valence-electron chi connectivity index (χ4n) is 3.07. The zero-order valence-corrected chi connectivity index (χ0v) is 18.7. The second kappa shape index (κ2) is 9.93. The largest absolute Gasteiger partial charge is 0.340 e. The first-order valence-corrected chi connectivity index (χ1v) is 11.5. The third-order valence-electron chi connectivity index (χ3n) is 4.56. The van der Waals surface area contributed by atoms with E-state index in [1.807, 2.05) is 48.1 Å². The smallest absolute Gasteiger partial charge is 0.253 e. The summed E-state index contributed by atoms with van der Waals surface area (Å²) in [5.41, 5.74) is 2.28. The van der Waals surface area contributed by atoms with Crippen LogP contribution in [0.15, 0.2) is 53.0 Å². The highest BCUT2D eigenvalue weighted by atomic mass is 79.9. The van der Waals surface area contributed by atoms with E-state index in [0.29, 0.717) is 29.0 Å². The van der Waals surface area contributed by atoms with Gasteiger partial charge in [0.05, 0.1) is 16.6 Å². The minimum atomic E-state index is -0.660. The van der Waals surface area contributed by atoms with Crippen molar-refractivity contribution in [1.29, 1.82) is 0 Å². The molecule has 0 aliphatic heterocycles. The lowest BCUT2D eigenvalue weighted by molar-refractivity contribution is -0.118. The Morgan fingerprint density at radius 1 is 1.17 bits per heavy atom. The fourth-order valence-corrected chi connectivity index (χ4v) is 4.01. The summed E-state index contributed by atoms with van der Waals surface area (Å²) >= 11 is 5.02. The molecule has 3 rings (SSSR count). The molecule has 0 aliphatic rings. The molecule has 29 heavy (non-hydrogen) atoms. The van der Waals surface area contributed by atoms with Gasteiger partial charge in [-0.05, 0) is 65.5 Å². The molecule has 3 aromatic rings. The van der Waals surface area contributed by atoms with Crippen LogP contribution in [0.3, 0.4) is 0 Å². The molecule has 8 heteroatoms. The number of nitrogens with one attached hydrogen (secondary N) is 2. The Labute approximate surface area is 182 Å². The Kier molecular flexibility index (Phi) is 7.33. The fraction of sp³-hybridized carbons (Fsp3) is 0.286. The Morgan fingerprint density at radius 3 is 2.62 bits per heavy atom. The zero-order valence-electron chi connectivity index (χ0n) is 16.3. The maximum Gasteiger partial charge on any atom is 0.253 e. The lowest BCUT2D eigenvalue weighted by Crippen LogP contribution is -2.44. The predicted molar refractivity (Wildman–Crippen MR) is 122 cm³/mol. The van der Waals surface area contributed by atoms with Gasteiger partial charge in [0.25, 0.3) is 5.91 Å².